The Morgan fingerprint density at radius 3 is 2.39 bits per heavy atom. The molecule has 174 valence electrons. The van der Waals surface area contributed by atoms with Gasteiger partial charge >= 0.3 is 0 Å². The first kappa shape index (κ1) is 23.4. The number of amides is 1. The van der Waals surface area contributed by atoms with Gasteiger partial charge in [-0.1, -0.05) is 24.0 Å². The SMILES string of the molecule is CC(C)(O)C#Cc1ccc([C@@H]2[C@H](CO)N3CCCCN(C(=O)c4ccc(F)cc4)C[C@@H]23)cc1. The Labute approximate surface area is 194 Å². The van der Waals surface area contributed by atoms with Gasteiger partial charge in [0.1, 0.15) is 11.4 Å². The smallest absolute Gasteiger partial charge is 0.253 e. The molecule has 2 aromatic rings. The Kier molecular flexibility index (Phi) is 6.85. The van der Waals surface area contributed by atoms with Crippen LogP contribution in [0.5, 0.6) is 0 Å². The van der Waals surface area contributed by atoms with Gasteiger partial charge in [0.15, 0.2) is 0 Å². The van der Waals surface area contributed by atoms with Gasteiger partial charge in [-0.3, -0.25) is 9.69 Å². The normalized spacial score (nSPS) is 23.4. The summed E-state index contributed by atoms with van der Waals surface area (Å²) < 4.78 is 13.3. The number of aliphatic hydroxyl groups excluding tert-OH is 1. The highest BCUT2D eigenvalue weighted by Gasteiger charge is 2.49. The van der Waals surface area contributed by atoms with Gasteiger partial charge in [0.05, 0.1) is 6.61 Å². The summed E-state index contributed by atoms with van der Waals surface area (Å²) in [6.07, 6.45) is 1.85. The molecular weight excluding hydrogens is 419 g/mol. The number of aliphatic hydroxyl groups is 2. The van der Waals surface area contributed by atoms with Crippen molar-refractivity contribution in [2.45, 2.75) is 50.3 Å². The van der Waals surface area contributed by atoms with Gasteiger partial charge in [0.25, 0.3) is 5.91 Å². The number of benzene rings is 2. The van der Waals surface area contributed by atoms with E-state index in [0.717, 1.165) is 30.5 Å². The van der Waals surface area contributed by atoms with Crippen LogP contribution in [0.4, 0.5) is 4.39 Å². The van der Waals surface area contributed by atoms with E-state index in [9.17, 15) is 19.4 Å². The molecule has 2 aliphatic heterocycles. The van der Waals surface area contributed by atoms with Crippen LogP contribution in [-0.4, -0.2) is 69.8 Å². The lowest BCUT2D eigenvalue weighted by atomic mass is 9.74. The van der Waals surface area contributed by atoms with Gasteiger partial charge in [-0.2, -0.15) is 0 Å². The van der Waals surface area contributed by atoms with E-state index in [-0.39, 0.29) is 36.3 Å². The number of nitrogens with zero attached hydrogens (tertiary/aromatic N) is 2. The Balaban J connectivity index is 1.55. The number of rotatable bonds is 3. The van der Waals surface area contributed by atoms with Crippen molar-refractivity contribution in [3.8, 4) is 11.8 Å². The van der Waals surface area contributed by atoms with Gasteiger partial charge in [-0.15, -0.1) is 0 Å². The zero-order chi connectivity index (χ0) is 23.6. The van der Waals surface area contributed by atoms with Crippen LogP contribution < -0.4 is 0 Å². The summed E-state index contributed by atoms with van der Waals surface area (Å²) in [5, 5.41) is 19.9. The molecule has 3 atom stereocenters. The summed E-state index contributed by atoms with van der Waals surface area (Å²) in [5.41, 5.74) is 1.38. The van der Waals surface area contributed by atoms with Crippen LogP contribution in [0, 0.1) is 17.7 Å². The third-order valence-corrected chi connectivity index (χ3v) is 6.56. The molecule has 5 nitrogen and oxygen atoms in total. The van der Waals surface area contributed by atoms with Crippen molar-refractivity contribution in [1.82, 2.24) is 9.80 Å². The zero-order valence-electron chi connectivity index (χ0n) is 19.2. The van der Waals surface area contributed by atoms with E-state index in [1.165, 1.54) is 24.3 Å². The highest BCUT2D eigenvalue weighted by Crippen LogP contribution is 2.42. The van der Waals surface area contributed by atoms with Crippen LogP contribution in [0.1, 0.15) is 54.1 Å². The molecule has 4 rings (SSSR count). The summed E-state index contributed by atoms with van der Waals surface area (Å²) in [5.74, 6) is 5.48. The van der Waals surface area contributed by atoms with E-state index in [2.05, 4.69) is 16.7 Å². The summed E-state index contributed by atoms with van der Waals surface area (Å²) in [6.45, 7) is 5.50. The highest BCUT2D eigenvalue weighted by molar-refractivity contribution is 5.94. The molecule has 2 fully saturated rings. The van der Waals surface area contributed by atoms with Crippen LogP contribution >= 0.6 is 0 Å². The number of hydrogen-bond donors (Lipinski definition) is 2. The fourth-order valence-corrected chi connectivity index (χ4v) is 4.91. The predicted molar refractivity (Wildman–Crippen MR) is 125 cm³/mol. The van der Waals surface area contributed by atoms with Crippen molar-refractivity contribution in [3.63, 3.8) is 0 Å². The number of hydrogen-bond acceptors (Lipinski definition) is 4. The van der Waals surface area contributed by atoms with Gasteiger partial charge in [-0.25, -0.2) is 4.39 Å². The van der Waals surface area contributed by atoms with Crippen LogP contribution in [0.2, 0.25) is 0 Å². The Morgan fingerprint density at radius 1 is 1.09 bits per heavy atom. The third-order valence-electron chi connectivity index (χ3n) is 6.56. The number of carbonyl (C=O) groups is 1. The number of halogens is 1. The van der Waals surface area contributed by atoms with E-state index < -0.39 is 5.60 Å². The standard InChI is InChI=1S/C27H31FN2O3/c1-27(2,33)14-13-19-5-7-20(8-6-19)25-23-17-29(15-3-4-16-30(23)24(25)18-31)26(32)21-9-11-22(28)12-10-21/h5-12,23-25,31,33H,3-4,15-18H2,1-2H3/t23-,24-,25-/m0/s1. The quantitative estimate of drug-likeness (QED) is 0.706. The van der Waals surface area contributed by atoms with E-state index >= 15 is 0 Å². The molecule has 0 spiro atoms. The van der Waals surface area contributed by atoms with E-state index in [1.807, 2.05) is 29.2 Å². The van der Waals surface area contributed by atoms with Gasteiger partial charge in [0, 0.05) is 42.2 Å². The monoisotopic (exact) mass is 450 g/mol. The van der Waals surface area contributed by atoms with Crippen molar-refractivity contribution in [2.75, 3.05) is 26.2 Å². The second kappa shape index (κ2) is 9.64. The Hall–Kier alpha value is -2.72. The van der Waals surface area contributed by atoms with E-state index in [0.29, 0.717) is 18.7 Å². The lowest BCUT2D eigenvalue weighted by Gasteiger charge is -2.57. The van der Waals surface area contributed by atoms with Crippen molar-refractivity contribution in [3.05, 3.63) is 71.0 Å². The average Bonchev–Trinajstić information content (AvgIpc) is 2.77. The number of carbonyl (C=O) groups excluding carboxylic acids is 1. The molecular formula is C27H31FN2O3. The first-order valence-electron chi connectivity index (χ1n) is 11.5. The van der Waals surface area contributed by atoms with E-state index in [1.54, 1.807) is 13.8 Å². The predicted octanol–water partition coefficient (Wildman–Crippen LogP) is 3.01. The average molecular weight is 451 g/mol. The summed E-state index contributed by atoms with van der Waals surface area (Å²) >= 11 is 0. The third kappa shape index (κ3) is 5.27. The van der Waals surface area contributed by atoms with Crippen LogP contribution in [0.25, 0.3) is 0 Å². The van der Waals surface area contributed by atoms with Crippen molar-refractivity contribution in [2.24, 2.45) is 0 Å². The fourth-order valence-electron chi connectivity index (χ4n) is 4.91. The molecule has 0 radical (unpaired) electrons. The first-order chi connectivity index (χ1) is 15.8. The Morgan fingerprint density at radius 2 is 1.76 bits per heavy atom. The summed E-state index contributed by atoms with van der Waals surface area (Å²) in [7, 11) is 0. The van der Waals surface area contributed by atoms with Crippen LogP contribution in [-0.2, 0) is 0 Å². The van der Waals surface area contributed by atoms with Gasteiger partial charge < -0.3 is 15.1 Å². The molecule has 2 N–H and O–H groups in total. The summed E-state index contributed by atoms with van der Waals surface area (Å²) in [4.78, 5) is 17.3. The minimum atomic E-state index is -1.05. The maximum atomic E-state index is 13.3. The lowest BCUT2D eigenvalue weighted by Crippen LogP contribution is -2.67. The van der Waals surface area contributed by atoms with Gasteiger partial charge in [-0.05, 0) is 75.2 Å². The zero-order valence-corrected chi connectivity index (χ0v) is 19.2. The molecule has 1 amide bonds. The minimum Gasteiger partial charge on any atom is -0.395 e. The molecule has 6 heteroatoms. The molecule has 0 saturated carbocycles. The maximum absolute atomic E-state index is 13.3. The number of fused-ring (bicyclic) bond motifs is 1. The van der Waals surface area contributed by atoms with Crippen LogP contribution in [0.15, 0.2) is 48.5 Å². The second-order valence-corrected chi connectivity index (χ2v) is 9.48. The fraction of sp³-hybridized carbons (Fsp3) is 0.444. The molecule has 2 aromatic carbocycles. The summed E-state index contributed by atoms with van der Waals surface area (Å²) in [6, 6.07) is 13.8. The molecule has 0 aromatic heterocycles. The highest BCUT2D eigenvalue weighted by atomic mass is 19.1. The molecule has 0 aliphatic carbocycles. The molecule has 0 unspecified atom stereocenters. The molecule has 2 saturated heterocycles. The minimum absolute atomic E-state index is 0.0178. The van der Waals surface area contributed by atoms with Crippen molar-refractivity contribution >= 4 is 5.91 Å². The van der Waals surface area contributed by atoms with Crippen molar-refractivity contribution in [1.29, 1.82) is 0 Å². The second-order valence-electron chi connectivity index (χ2n) is 9.48. The first-order valence-corrected chi connectivity index (χ1v) is 11.5. The molecule has 2 heterocycles. The maximum Gasteiger partial charge on any atom is 0.253 e. The lowest BCUT2D eigenvalue weighted by molar-refractivity contribution is -0.0606. The molecule has 33 heavy (non-hydrogen) atoms. The molecule has 2 aliphatic rings. The van der Waals surface area contributed by atoms with Crippen LogP contribution in [0.3, 0.4) is 0 Å². The van der Waals surface area contributed by atoms with Gasteiger partial charge in [0.2, 0.25) is 0 Å². The van der Waals surface area contributed by atoms with Crippen molar-refractivity contribution < 1.29 is 19.4 Å². The topological polar surface area (TPSA) is 64.0 Å². The largest absolute Gasteiger partial charge is 0.395 e. The molecule has 0 bridgehead atoms. The van der Waals surface area contributed by atoms with E-state index in [4.69, 9.17) is 0 Å². The Bertz CT molecular complexity index is 1030.